The normalized spacial score (nSPS) is 10.5. The Morgan fingerprint density at radius 1 is 1.37 bits per heavy atom. The van der Waals surface area contributed by atoms with Gasteiger partial charge in [0, 0.05) is 6.54 Å². The average Bonchev–Trinajstić information content (AvgIpc) is 2.79. The highest BCUT2D eigenvalue weighted by atomic mass is 32.1. The molecule has 1 aromatic carbocycles. The Labute approximate surface area is 113 Å². The Morgan fingerprint density at radius 2 is 2.00 bits per heavy atom. The van der Waals surface area contributed by atoms with Gasteiger partial charge in [-0.3, -0.25) is 4.79 Å². The molecule has 0 saturated carbocycles. The van der Waals surface area contributed by atoms with E-state index in [0.29, 0.717) is 17.7 Å². The lowest BCUT2D eigenvalue weighted by molar-refractivity contribution is 0.0950. The highest BCUT2D eigenvalue weighted by molar-refractivity contribution is 7.16. The molecule has 1 aromatic heterocycles. The van der Waals surface area contributed by atoms with Crippen LogP contribution in [0.5, 0.6) is 0 Å². The number of anilines is 1. The molecule has 7 heteroatoms. The summed E-state index contributed by atoms with van der Waals surface area (Å²) in [5.74, 6) is -0.555. The molecular formula is C12H13FN4OS. The monoisotopic (exact) mass is 280 g/mol. The number of nitrogens with one attached hydrogen (secondary N) is 1. The number of nitrogens with zero attached hydrogens (tertiary/aromatic N) is 2. The zero-order chi connectivity index (χ0) is 14.0. The van der Waals surface area contributed by atoms with Gasteiger partial charge in [-0.2, -0.15) is 0 Å². The number of benzene rings is 1. The summed E-state index contributed by atoms with van der Waals surface area (Å²) in [6, 6.07) is 3.41. The SMILES string of the molecule is Cc1cc(CNC(=O)c2nnc(N)s2)cc(C)c1F. The Bertz CT molecular complexity index is 603. The van der Waals surface area contributed by atoms with Gasteiger partial charge in [0.1, 0.15) is 5.82 Å². The second-order valence-corrected chi connectivity index (χ2v) is 5.18. The quantitative estimate of drug-likeness (QED) is 0.898. The lowest BCUT2D eigenvalue weighted by atomic mass is 10.1. The van der Waals surface area contributed by atoms with E-state index in [4.69, 9.17) is 5.73 Å². The smallest absolute Gasteiger partial charge is 0.282 e. The minimum absolute atomic E-state index is 0.216. The first-order valence-electron chi connectivity index (χ1n) is 5.60. The molecule has 0 aliphatic heterocycles. The molecule has 0 aliphatic rings. The Kier molecular flexibility index (Phi) is 3.75. The van der Waals surface area contributed by atoms with E-state index in [1.165, 1.54) is 0 Å². The van der Waals surface area contributed by atoms with Crippen LogP contribution in [0.15, 0.2) is 12.1 Å². The number of hydrogen-bond acceptors (Lipinski definition) is 5. The Balaban J connectivity index is 2.05. The molecule has 100 valence electrons. The third-order valence-electron chi connectivity index (χ3n) is 2.58. The van der Waals surface area contributed by atoms with Gasteiger partial charge >= 0.3 is 0 Å². The number of hydrogen-bond donors (Lipinski definition) is 2. The minimum atomic E-state index is -0.339. The van der Waals surface area contributed by atoms with Crippen LogP contribution in [-0.2, 0) is 6.54 Å². The van der Waals surface area contributed by atoms with Crippen molar-refractivity contribution in [2.24, 2.45) is 0 Å². The maximum absolute atomic E-state index is 13.5. The van der Waals surface area contributed by atoms with Crippen LogP contribution in [0.1, 0.15) is 26.5 Å². The van der Waals surface area contributed by atoms with Gasteiger partial charge < -0.3 is 11.1 Å². The number of halogens is 1. The summed E-state index contributed by atoms with van der Waals surface area (Å²) in [5.41, 5.74) is 7.36. The van der Waals surface area contributed by atoms with Crippen molar-refractivity contribution in [3.8, 4) is 0 Å². The summed E-state index contributed by atoms with van der Waals surface area (Å²) < 4.78 is 13.5. The van der Waals surface area contributed by atoms with E-state index in [-0.39, 0.29) is 21.9 Å². The number of carbonyl (C=O) groups excluding carboxylic acids is 1. The van der Waals surface area contributed by atoms with Crippen molar-refractivity contribution in [3.05, 3.63) is 39.6 Å². The molecule has 0 spiro atoms. The predicted molar refractivity (Wildman–Crippen MR) is 71.4 cm³/mol. The van der Waals surface area contributed by atoms with E-state index in [1.807, 2.05) is 0 Å². The van der Waals surface area contributed by atoms with E-state index < -0.39 is 0 Å². The van der Waals surface area contributed by atoms with Crippen LogP contribution in [0.2, 0.25) is 0 Å². The maximum Gasteiger partial charge on any atom is 0.282 e. The van der Waals surface area contributed by atoms with E-state index in [9.17, 15) is 9.18 Å². The van der Waals surface area contributed by atoms with E-state index in [2.05, 4.69) is 15.5 Å². The zero-order valence-electron chi connectivity index (χ0n) is 10.5. The Hall–Kier alpha value is -2.02. The van der Waals surface area contributed by atoms with Crippen LogP contribution in [0.3, 0.4) is 0 Å². The van der Waals surface area contributed by atoms with Crippen LogP contribution in [0.25, 0.3) is 0 Å². The largest absolute Gasteiger partial charge is 0.374 e. The Morgan fingerprint density at radius 3 is 2.53 bits per heavy atom. The van der Waals surface area contributed by atoms with Gasteiger partial charge in [-0.15, -0.1) is 10.2 Å². The van der Waals surface area contributed by atoms with Crippen LogP contribution in [0, 0.1) is 19.7 Å². The van der Waals surface area contributed by atoms with Gasteiger partial charge in [0.15, 0.2) is 0 Å². The summed E-state index contributed by atoms with van der Waals surface area (Å²) >= 11 is 1.02. The number of aryl methyl sites for hydroxylation is 2. The fraction of sp³-hybridized carbons (Fsp3) is 0.250. The standard InChI is InChI=1S/C12H13FN4OS/c1-6-3-8(4-7(2)9(6)13)5-15-10(18)11-16-17-12(14)19-11/h3-4H,5H2,1-2H3,(H2,14,17)(H,15,18). The molecule has 3 N–H and O–H groups in total. The van der Waals surface area contributed by atoms with Crippen molar-refractivity contribution in [2.45, 2.75) is 20.4 Å². The first-order valence-corrected chi connectivity index (χ1v) is 6.42. The van der Waals surface area contributed by atoms with Crippen LogP contribution < -0.4 is 11.1 Å². The molecule has 0 fully saturated rings. The fourth-order valence-electron chi connectivity index (χ4n) is 1.72. The molecule has 0 atom stereocenters. The lowest BCUT2D eigenvalue weighted by Gasteiger charge is -2.07. The van der Waals surface area contributed by atoms with Crippen molar-refractivity contribution >= 4 is 22.4 Å². The van der Waals surface area contributed by atoms with E-state index in [0.717, 1.165) is 16.9 Å². The molecular weight excluding hydrogens is 267 g/mol. The third kappa shape index (κ3) is 3.05. The summed E-state index contributed by atoms with van der Waals surface area (Å²) in [7, 11) is 0. The maximum atomic E-state index is 13.5. The first-order chi connectivity index (χ1) is 8.97. The van der Waals surface area contributed by atoms with Gasteiger partial charge in [0.05, 0.1) is 0 Å². The van der Waals surface area contributed by atoms with Crippen molar-refractivity contribution in [2.75, 3.05) is 5.73 Å². The highest BCUT2D eigenvalue weighted by Crippen LogP contribution is 2.15. The van der Waals surface area contributed by atoms with E-state index in [1.54, 1.807) is 26.0 Å². The average molecular weight is 280 g/mol. The topological polar surface area (TPSA) is 80.9 Å². The van der Waals surface area contributed by atoms with Crippen LogP contribution in [-0.4, -0.2) is 16.1 Å². The predicted octanol–water partition coefficient (Wildman–Crippen LogP) is 1.81. The molecule has 2 rings (SSSR count). The molecule has 5 nitrogen and oxygen atoms in total. The number of aromatic nitrogens is 2. The van der Waals surface area contributed by atoms with Crippen molar-refractivity contribution < 1.29 is 9.18 Å². The van der Waals surface area contributed by atoms with Crippen LogP contribution in [0.4, 0.5) is 9.52 Å². The van der Waals surface area contributed by atoms with Gasteiger partial charge in [0.2, 0.25) is 10.1 Å². The molecule has 2 aromatic rings. The van der Waals surface area contributed by atoms with Crippen molar-refractivity contribution in [1.29, 1.82) is 0 Å². The molecule has 0 bridgehead atoms. The summed E-state index contributed by atoms with van der Waals surface area (Å²) in [6.45, 7) is 3.69. The van der Waals surface area contributed by atoms with Gasteiger partial charge in [-0.1, -0.05) is 23.5 Å². The summed E-state index contributed by atoms with van der Waals surface area (Å²) in [5, 5.41) is 10.4. The number of nitrogen functional groups attached to an aromatic ring is 1. The van der Waals surface area contributed by atoms with Gasteiger partial charge in [0.25, 0.3) is 5.91 Å². The number of rotatable bonds is 3. The molecule has 19 heavy (non-hydrogen) atoms. The number of nitrogens with two attached hydrogens (primary N) is 1. The van der Waals surface area contributed by atoms with Crippen molar-refractivity contribution in [1.82, 2.24) is 15.5 Å². The van der Waals surface area contributed by atoms with E-state index >= 15 is 0 Å². The summed E-state index contributed by atoms with van der Waals surface area (Å²) in [6.07, 6.45) is 0. The number of amides is 1. The van der Waals surface area contributed by atoms with Crippen LogP contribution >= 0.6 is 11.3 Å². The summed E-state index contributed by atoms with van der Waals surface area (Å²) in [4.78, 5) is 11.7. The molecule has 1 heterocycles. The highest BCUT2D eigenvalue weighted by Gasteiger charge is 2.11. The molecule has 0 saturated heterocycles. The van der Waals surface area contributed by atoms with Crippen molar-refractivity contribution in [3.63, 3.8) is 0 Å². The molecule has 1 amide bonds. The molecule has 0 radical (unpaired) electrons. The lowest BCUT2D eigenvalue weighted by Crippen LogP contribution is -2.22. The van der Waals surface area contributed by atoms with Gasteiger partial charge in [-0.05, 0) is 30.5 Å². The molecule has 0 aliphatic carbocycles. The fourth-order valence-corrected chi connectivity index (χ4v) is 2.25. The second kappa shape index (κ2) is 5.31. The van der Waals surface area contributed by atoms with Gasteiger partial charge in [-0.25, -0.2) is 4.39 Å². The third-order valence-corrected chi connectivity index (χ3v) is 3.34. The first kappa shape index (κ1) is 13.4. The zero-order valence-corrected chi connectivity index (χ0v) is 11.3. The minimum Gasteiger partial charge on any atom is -0.374 e. The molecule has 0 unspecified atom stereocenters. The number of carbonyl (C=O) groups is 1. The second-order valence-electron chi connectivity index (χ2n) is 4.17.